The third-order valence-electron chi connectivity index (χ3n) is 7.05. The van der Waals surface area contributed by atoms with Crippen LogP contribution in [0, 0.1) is 13.8 Å². The Morgan fingerprint density at radius 1 is 0.676 bits per heavy atom. The molecule has 2 nitrogen and oxygen atoms in total. The second-order valence-corrected chi connectivity index (χ2v) is 9.48. The number of furan rings is 2. The zero-order valence-electron chi connectivity index (χ0n) is 19.3. The van der Waals surface area contributed by atoms with E-state index in [0.29, 0.717) is 0 Å². The molecule has 1 aliphatic carbocycles. The van der Waals surface area contributed by atoms with Crippen LogP contribution in [0.1, 0.15) is 34.6 Å². The highest BCUT2D eigenvalue weighted by molar-refractivity contribution is 6.09. The fourth-order valence-corrected chi connectivity index (χ4v) is 5.54. The molecule has 164 valence electrons. The van der Waals surface area contributed by atoms with Gasteiger partial charge in [-0.1, -0.05) is 60.7 Å². The van der Waals surface area contributed by atoms with Gasteiger partial charge in [0.1, 0.15) is 22.3 Å². The zero-order chi connectivity index (χ0) is 22.8. The second kappa shape index (κ2) is 7.23. The predicted molar refractivity (Wildman–Crippen MR) is 141 cm³/mol. The number of hydrogen-bond acceptors (Lipinski definition) is 2. The fraction of sp³-hybridized carbons (Fsp3) is 0.125. The van der Waals surface area contributed by atoms with Crippen LogP contribution in [0.4, 0.5) is 0 Å². The topological polar surface area (TPSA) is 26.3 Å². The van der Waals surface area contributed by atoms with Gasteiger partial charge >= 0.3 is 0 Å². The zero-order valence-corrected chi connectivity index (χ0v) is 19.3. The standard InChI is InChI=1S/C32H24O2/c1-19-14-25(31-27(16-19)23-10-3-5-12-29(23)33-31)21-8-7-9-22(18-21)26-15-20(2)17-28-24-11-4-6-13-30(24)34-32(26)28/h3-8,10-18,22H,9H2,1-2H3. The molecule has 34 heavy (non-hydrogen) atoms. The average Bonchev–Trinajstić information content (AvgIpc) is 3.42. The Kier molecular flexibility index (Phi) is 4.13. The van der Waals surface area contributed by atoms with Gasteiger partial charge in [0.15, 0.2) is 0 Å². The molecule has 1 aliphatic rings. The molecule has 0 fully saturated rings. The molecule has 6 aromatic rings. The molecule has 4 aromatic carbocycles. The predicted octanol–water partition coefficient (Wildman–Crippen LogP) is 9.23. The summed E-state index contributed by atoms with van der Waals surface area (Å²) in [6, 6.07) is 25.6. The minimum atomic E-state index is 0.239. The van der Waals surface area contributed by atoms with Crippen molar-refractivity contribution in [2.45, 2.75) is 26.2 Å². The van der Waals surface area contributed by atoms with Gasteiger partial charge in [0.25, 0.3) is 0 Å². The summed E-state index contributed by atoms with van der Waals surface area (Å²) in [6.45, 7) is 4.33. The van der Waals surface area contributed by atoms with Gasteiger partial charge < -0.3 is 8.83 Å². The first-order valence-corrected chi connectivity index (χ1v) is 11.9. The molecule has 0 amide bonds. The lowest BCUT2D eigenvalue weighted by molar-refractivity contribution is 0.657. The number of benzene rings is 4. The molecule has 2 aromatic heterocycles. The highest BCUT2D eigenvalue weighted by Gasteiger charge is 2.21. The minimum absolute atomic E-state index is 0.239. The summed E-state index contributed by atoms with van der Waals surface area (Å²) >= 11 is 0. The number of fused-ring (bicyclic) bond motifs is 6. The van der Waals surface area contributed by atoms with Gasteiger partial charge in [-0.05, 0) is 67.3 Å². The van der Waals surface area contributed by atoms with Gasteiger partial charge in [0.05, 0.1) is 0 Å². The third-order valence-corrected chi connectivity index (χ3v) is 7.05. The van der Waals surface area contributed by atoms with Gasteiger partial charge in [0.2, 0.25) is 0 Å². The van der Waals surface area contributed by atoms with E-state index in [-0.39, 0.29) is 5.92 Å². The Morgan fingerprint density at radius 3 is 2.03 bits per heavy atom. The van der Waals surface area contributed by atoms with Crippen LogP contribution < -0.4 is 0 Å². The highest BCUT2D eigenvalue weighted by Crippen LogP contribution is 2.41. The van der Waals surface area contributed by atoms with Crippen LogP contribution in [0.5, 0.6) is 0 Å². The maximum Gasteiger partial charge on any atom is 0.143 e. The van der Waals surface area contributed by atoms with Crippen LogP contribution in [0.3, 0.4) is 0 Å². The van der Waals surface area contributed by atoms with Crippen LogP contribution in [-0.2, 0) is 0 Å². The summed E-state index contributed by atoms with van der Waals surface area (Å²) in [5, 5.41) is 4.73. The number of hydrogen-bond donors (Lipinski definition) is 0. The maximum absolute atomic E-state index is 6.39. The van der Waals surface area contributed by atoms with E-state index in [9.17, 15) is 0 Å². The molecular weight excluding hydrogens is 416 g/mol. The molecule has 0 bridgehead atoms. The largest absolute Gasteiger partial charge is 0.456 e. The molecule has 0 radical (unpaired) electrons. The lowest BCUT2D eigenvalue weighted by Gasteiger charge is -2.19. The summed E-state index contributed by atoms with van der Waals surface area (Å²) in [4.78, 5) is 0. The van der Waals surface area contributed by atoms with Crippen molar-refractivity contribution in [3.63, 3.8) is 0 Å². The monoisotopic (exact) mass is 440 g/mol. The van der Waals surface area contributed by atoms with E-state index in [4.69, 9.17) is 8.83 Å². The summed E-state index contributed by atoms with van der Waals surface area (Å²) < 4.78 is 12.8. The highest BCUT2D eigenvalue weighted by atomic mass is 16.3. The average molecular weight is 441 g/mol. The lowest BCUT2D eigenvalue weighted by Crippen LogP contribution is -2.01. The van der Waals surface area contributed by atoms with E-state index in [1.807, 2.05) is 18.2 Å². The molecule has 2 heteroatoms. The quantitative estimate of drug-likeness (QED) is 0.268. The molecule has 0 aliphatic heterocycles. The van der Waals surface area contributed by atoms with E-state index >= 15 is 0 Å². The van der Waals surface area contributed by atoms with E-state index in [1.54, 1.807) is 0 Å². The number of rotatable bonds is 2. The Labute approximate surface area is 197 Å². The van der Waals surface area contributed by atoms with Crippen molar-refractivity contribution in [1.82, 2.24) is 0 Å². The van der Waals surface area contributed by atoms with E-state index in [0.717, 1.165) is 34.3 Å². The van der Waals surface area contributed by atoms with E-state index in [2.05, 4.69) is 86.7 Å². The molecule has 0 N–H and O–H groups in total. The van der Waals surface area contributed by atoms with Gasteiger partial charge in [-0.3, -0.25) is 0 Å². The number of allylic oxidation sites excluding steroid dienone is 4. The smallest absolute Gasteiger partial charge is 0.143 e. The van der Waals surface area contributed by atoms with Crippen molar-refractivity contribution >= 4 is 49.5 Å². The third kappa shape index (κ3) is 2.88. The van der Waals surface area contributed by atoms with Gasteiger partial charge in [-0.2, -0.15) is 0 Å². The van der Waals surface area contributed by atoms with Crippen molar-refractivity contribution in [3.05, 3.63) is 113 Å². The maximum atomic E-state index is 6.39. The first-order valence-electron chi connectivity index (χ1n) is 11.9. The van der Waals surface area contributed by atoms with Crippen molar-refractivity contribution in [3.8, 4) is 0 Å². The molecule has 0 saturated carbocycles. The molecule has 2 heterocycles. The molecule has 0 saturated heterocycles. The summed E-state index contributed by atoms with van der Waals surface area (Å²) in [7, 11) is 0. The number of aryl methyl sites for hydroxylation is 2. The van der Waals surface area contributed by atoms with Crippen LogP contribution >= 0.6 is 0 Å². The van der Waals surface area contributed by atoms with E-state index in [1.165, 1.54) is 43.8 Å². The Bertz CT molecular complexity index is 1810. The number of para-hydroxylation sites is 2. The summed E-state index contributed by atoms with van der Waals surface area (Å²) in [5.74, 6) is 0.239. The molecular formula is C32H24O2. The van der Waals surface area contributed by atoms with Crippen molar-refractivity contribution < 1.29 is 8.83 Å². The fourth-order valence-electron chi connectivity index (χ4n) is 5.54. The molecule has 1 unspecified atom stereocenters. The SMILES string of the molecule is Cc1cc(C2=CC(c3cc(C)cc4c3oc3ccccc34)CC=C2)c2oc3ccccc3c2c1. The van der Waals surface area contributed by atoms with Crippen LogP contribution in [0.15, 0.2) is 99.9 Å². The van der Waals surface area contributed by atoms with Crippen molar-refractivity contribution in [2.75, 3.05) is 0 Å². The first kappa shape index (κ1) is 19.4. The second-order valence-electron chi connectivity index (χ2n) is 9.48. The van der Waals surface area contributed by atoms with Crippen LogP contribution in [-0.4, -0.2) is 0 Å². The minimum Gasteiger partial charge on any atom is -0.456 e. The van der Waals surface area contributed by atoms with Gasteiger partial charge in [0, 0.05) is 38.6 Å². The molecule has 0 spiro atoms. The van der Waals surface area contributed by atoms with Crippen molar-refractivity contribution in [2.24, 2.45) is 0 Å². The summed E-state index contributed by atoms with van der Waals surface area (Å²) in [6.07, 6.45) is 7.87. The Hall–Kier alpha value is -4.04. The van der Waals surface area contributed by atoms with Gasteiger partial charge in [-0.25, -0.2) is 0 Å². The lowest BCUT2D eigenvalue weighted by atomic mass is 9.85. The van der Waals surface area contributed by atoms with Gasteiger partial charge in [-0.15, -0.1) is 0 Å². The summed E-state index contributed by atoms with van der Waals surface area (Å²) in [5.41, 5.74) is 9.94. The van der Waals surface area contributed by atoms with Crippen LogP contribution in [0.2, 0.25) is 0 Å². The molecule has 7 rings (SSSR count). The first-order chi connectivity index (χ1) is 16.7. The van der Waals surface area contributed by atoms with Crippen LogP contribution in [0.25, 0.3) is 49.5 Å². The normalized spacial score (nSPS) is 16.2. The Morgan fingerprint density at radius 2 is 1.29 bits per heavy atom. The van der Waals surface area contributed by atoms with E-state index < -0.39 is 0 Å². The van der Waals surface area contributed by atoms with Crippen molar-refractivity contribution in [1.29, 1.82) is 0 Å². The molecule has 1 atom stereocenters. The Balaban J connectivity index is 1.43.